The van der Waals surface area contributed by atoms with Crippen LogP contribution in [-0.2, 0) is 0 Å². The molecule has 1 aromatic heterocycles. The zero-order valence-electron chi connectivity index (χ0n) is 10.1. The van der Waals surface area contributed by atoms with E-state index in [2.05, 4.69) is 22.2 Å². The Hall–Kier alpha value is -1.43. The van der Waals surface area contributed by atoms with Gasteiger partial charge in [-0.3, -0.25) is 10.1 Å². The average Bonchev–Trinajstić information content (AvgIpc) is 2.74. The first-order valence-corrected chi connectivity index (χ1v) is 6.29. The molecular weight excluding hydrogens is 256 g/mol. The smallest absolute Gasteiger partial charge is 0.329 e. The van der Waals surface area contributed by atoms with Gasteiger partial charge >= 0.3 is 5.69 Å². The van der Waals surface area contributed by atoms with Gasteiger partial charge in [0.2, 0.25) is 11.1 Å². The Kier molecular flexibility index (Phi) is 3.65. The third-order valence-electron chi connectivity index (χ3n) is 3.43. The van der Waals surface area contributed by atoms with E-state index in [1.54, 1.807) is 0 Å². The minimum absolute atomic E-state index is 0.0136. The number of hydrogen-bond donors (Lipinski definition) is 1. The normalized spacial score (nSPS) is 17.7. The number of aromatic nitrogens is 2. The van der Waals surface area contributed by atoms with E-state index in [0.717, 1.165) is 19.0 Å². The zero-order chi connectivity index (χ0) is 13.2. The summed E-state index contributed by atoms with van der Waals surface area (Å²) in [5.74, 6) is 0.202. The number of anilines is 1. The predicted octanol–water partition coefficient (Wildman–Crippen LogP) is 3.03. The van der Waals surface area contributed by atoms with Crippen LogP contribution in [0.5, 0.6) is 0 Å². The van der Waals surface area contributed by atoms with Gasteiger partial charge in [-0.1, -0.05) is 19.8 Å². The molecular formula is C11H15ClN4O2. The Labute approximate surface area is 110 Å². The van der Waals surface area contributed by atoms with E-state index in [1.165, 1.54) is 12.8 Å². The van der Waals surface area contributed by atoms with E-state index in [4.69, 9.17) is 11.6 Å². The van der Waals surface area contributed by atoms with E-state index in [-0.39, 0.29) is 22.2 Å². The van der Waals surface area contributed by atoms with Gasteiger partial charge in [-0.05, 0) is 29.9 Å². The minimum Gasteiger partial charge on any atom is -0.364 e. The molecule has 1 fully saturated rings. The van der Waals surface area contributed by atoms with Gasteiger partial charge in [-0.25, -0.2) is 4.98 Å². The Morgan fingerprint density at radius 2 is 2.22 bits per heavy atom. The lowest BCUT2D eigenvalue weighted by atomic mass is 9.89. The zero-order valence-corrected chi connectivity index (χ0v) is 10.9. The SMILES string of the molecule is CC1(CNc2nc(Cl)ncc2[N+](=O)[O-])CCCC1. The van der Waals surface area contributed by atoms with Gasteiger partial charge in [0.1, 0.15) is 6.20 Å². The quantitative estimate of drug-likeness (QED) is 0.517. The third kappa shape index (κ3) is 2.87. The second kappa shape index (κ2) is 5.06. The number of nitrogens with zero attached hydrogens (tertiary/aromatic N) is 3. The topological polar surface area (TPSA) is 81.0 Å². The molecule has 18 heavy (non-hydrogen) atoms. The van der Waals surface area contributed by atoms with E-state index in [1.807, 2.05) is 0 Å². The van der Waals surface area contributed by atoms with Gasteiger partial charge in [0.25, 0.3) is 0 Å². The highest BCUT2D eigenvalue weighted by Gasteiger charge is 2.29. The summed E-state index contributed by atoms with van der Waals surface area (Å²) < 4.78 is 0. The van der Waals surface area contributed by atoms with Crippen molar-refractivity contribution in [2.75, 3.05) is 11.9 Å². The molecule has 1 saturated carbocycles. The van der Waals surface area contributed by atoms with Crippen molar-refractivity contribution in [3.8, 4) is 0 Å². The van der Waals surface area contributed by atoms with E-state index in [0.29, 0.717) is 6.54 Å². The monoisotopic (exact) mass is 270 g/mol. The van der Waals surface area contributed by atoms with Crippen molar-refractivity contribution in [3.63, 3.8) is 0 Å². The van der Waals surface area contributed by atoms with Crippen molar-refractivity contribution in [2.24, 2.45) is 5.41 Å². The van der Waals surface area contributed by atoms with Crippen LogP contribution < -0.4 is 5.32 Å². The summed E-state index contributed by atoms with van der Waals surface area (Å²) in [7, 11) is 0. The summed E-state index contributed by atoms with van der Waals surface area (Å²) in [6.07, 6.45) is 5.82. The van der Waals surface area contributed by atoms with Crippen molar-refractivity contribution < 1.29 is 4.92 Å². The molecule has 0 atom stereocenters. The molecule has 0 amide bonds. The van der Waals surface area contributed by atoms with E-state index >= 15 is 0 Å². The molecule has 1 heterocycles. The van der Waals surface area contributed by atoms with Gasteiger partial charge in [0.05, 0.1) is 4.92 Å². The summed E-state index contributed by atoms with van der Waals surface area (Å²) in [4.78, 5) is 17.9. The van der Waals surface area contributed by atoms with Crippen LogP contribution in [0.15, 0.2) is 6.20 Å². The van der Waals surface area contributed by atoms with Crippen molar-refractivity contribution in [1.82, 2.24) is 9.97 Å². The molecule has 98 valence electrons. The van der Waals surface area contributed by atoms with E-state index < -0.39 is 4.92 Å². The van der Waals surface area contributed by atoms with Crippen molar-refractivity contribution in [1.29, 1.82) is 0 Å². The maximum absolute atomic E-state index is 10.9. The van der Waals surface area contributed by atoms with E-state index in [9.17, 15) is 10.1 Å². The van der Waals surface area contributed by atoms with Gasteiger partial charge in [0.15, 0.2) is 0 Å². The second-order valence-electron chi connectivity index (χ2n) is 5.00. The Balaban J connectivity index is 2.12. The summed E-state index contributed by atoms with van der Waals surface area (Å²) in [6.45, 7) is 2.85. The van der Waals surface area contributed by atoms with Crippen molar-refractivity contribution in [3.05, 3.63) is 21.6 Å². The van der Waals surface area contributed by atoms with Crippen LogP contribution in [0.1, 0.15) is 32.6 Å². The number of rotatable bonds is 4. The minimum atomic E-state index is -0.504. The molecule has 0 saturated heterocycles. The van der Waals surface area contributed by atoms with Gasteiger partial charge in [-0.15, -0.1) is 0 Å². The van der Waals surface area contributed by atoms with Crippen LogP contribution in [0.3, 0.4) is 0 Å². The van der Waals surface area contributed by atoms with Gasteiger partial charge in [0, 0.05) is 6.54 Å². The second-order valence-corrected chi connectivity index (χ2v) is 5.34. The lowest BCUT2D eigenvalue weighted by Gasteiger charge is -2.23. The predicted molar refractivity (Wildman–Crippen MR) is 68.8 cm³/mol. The Morgan fingerprint density at radius 1 is 1.56 bits per heavy atom. The van der Waals surface area contributed by atoms with Crippen LogP contribution >= 0.6 is 11.6 Å². The molecule has 6 nitrogen and oxygen atoms in total. The molecule has 0 aliphatic heterocycles. The third-order valence-corrected chi connectivity index (χ3v) is 3.61. The van der Waals surface area contributed by atoms with Crippen LogP contribution in [0.2, 0.25) is 5.28 Å². The number of hydrogen-bond acceptors (Lipinski definition) is 5. The van der Waals surface area contributed by atoms with Crippen LogP contribution in [0.4, 0.5) is 11.5 Å². The first-order chi connectivity index (χ1) is 8.50. The first kappa shape index (κ1) is 13.0. The fourth-order valence-electron chi connectivity index (χ4n) is 2.32. The number of nitro groups is 1. The standard InChI is InChI=1S/C11H15ClN4O2/c1-11(4-2-3-5-11)7-14-9-8(16(17)18)6-13-10(12)15-9/h6H,2-5,7H2,1H3,(H,13,14,15). The molecule has 1 aliphatic rings. The van der Waals surface area contributed by atoms with Crippen molar-refractivity contribution >= 4 is 23.1 Å². The molecule has 0 aromatic carbocycles. The fraction of sp³-hybridized carbons (Fsp3) is 0.636. The molecule has 0 unspecified atom stereocenters. The highest BCUT2D eigenvalue weighted by atomic mass is 35.5. The highest BCUT2D eigenvalue weighted by Crippen LogP contribution is 2.37. The number of halogens is 1. The van der Waals surface area contributed by atoms with Gasteiger partial charge < -0.3 is 5.32 Å². The first-order valence-electron chi connectivity index (χ1n) is 5.91. The molecule has 1 aliphatic carbocycles. The molecule has 0 radical (unpaired) electrons. The molecule has 1 N–H and O–H groups in total. The Morgan fingerprint density at radius 3 is 2.83 bits per heavy atom. The lowest BCUT2D eigenvalue weighted by molar-refractivity contribution is -0.384. The largest absolute Gasteiger partial charge is 0.364 e. The Bertz CT molecular complexity index is 460. The molecule has 1 aromatic rings. The molecule has 0 spiro atoms. The maximum atomic E-state index is 10.9. The highest BCUT2D eigenvalue weighted by molar-refractivity contribution is 6.28. The molecule has 0 bridgehead atoms. The van der Waals surface area contributed by atoms with Crippen LogP contribution in [-0.4, -0.2) is 21.4 Å². The lowest BCUT2D eigenvalue weighted by Crippen LogP contribution is -2.23. The maximum Gasteiger partial charge on any atom is 0.329 e. The van der Waals surface area contributed by atoms with Crippen LogP contribution in [0.25, 0.3) is 0 Å². The summed E-state index contributed by atoms with van der Waals surface area (Å²) in [5, 5.41) is 13.9. The molecule has 2 rings (SSSR count). The molecule has 7 heteroatoms. The summed E-state index contributed by atoms with van der Waals surface area (Å²) in [6, 6.07) is 0. The number of nitrogens with one attached hydrogen (secondary N) is 1. The summed E-state index contributed by atoms with van der Waals surface area (Å²) in [5.41, 5.74) is 0.0478. The summed E-state index contributed by atoms with van der Waals surface area (Å²) >= 11 is 5.67. The fourth-order valence-corrected chi connectivity index (χ4v) is 2.45. The van der Waals surface area contributed by atoms with Crippen molar-refractivity contribution in [2.45, 2.75) is 32.6 Å². The van der Waals surface area contributed by atoms with Crippen LogP contribution in [0, 0.1) is 15.5 Å². The average molecular weight is 271 g/mol. The van der Waals surface area contributed by atoms with Gasteiger partial charge in [-0.2, -0.15) is 4.98 Å².